The molecule has 1 N–H and O–H groups in total. The van der Waals surface area contributed by atoms with Crippen LogP contribution < -0.4 is 9.64 Å². The molecule has 1 aromatic carbocycles. The van der Waals surface area contributed by atoms with Crippen molar-refractivity contribution in [3.05, 3.63) is 77.7 Å². The van der Waals surface area contributed by atoms with Crippen molar-refractivity contribution in [3.63, 3.8) is 0 Å². The molecule has 1 aliphatic carbocycles. The maximum atomic E-state index is 12.8. The third-order valence-electron chi connectivity index (χ3n) is 9.33. The van der Waals surface area contributed by atoms with E-state index < -0.39 is 17.7 Å². The van der Waals surface area contributed by atoms with Crippen LogP contribution in [0.5, 0.6) is 5.75 Å². The molecule has 10 heteroatoms. The Kier molecular flexibility index (Phi) is 11.2. The molecule has 10 nitrogen and oxygen atoms in total. The molecule has 1 saturated heterocycles. The first kappa shape index (κ1) is 36.5. The van der Waals surface area contributed by atoms with Crippen LogP contribution in [0.4, 0.5) is 5.82 Å². The van der Waals surface area contributed by atoms with E-state index in [1.165, 1.54) is 0 Å². The van der Waals surface area contributed by atoms with Gasteiger partial charge in [-0.25, -0.2) is 9.78 Å². The van der Waals surface area contributed by atoms with Gasteiger partial charge in [0.05, 0.1) is 35.2 Å². The molecule has 49 heavy (non-hydrogen) atoms. The predicted molar refractivity (Wildman–Crippen MR) is 193 cm³/mol. The molecule has 2 atom stereocenters. The molecule has 1 aliphatic heterocycles. The molecule has 0 bridgehead atoms. The molecule has 3 heterocycles. The average molecular weight is 674 g/mol. The summed E-state index contributed by atoms with van der Waals surface area (Å²) in [4.78, 5) is 22.5. The van der Waals surface area contributed by atoms with Crippen molar-refractivity contribution in [2.24, 2.45) is 0 Å². The number of piperidine rings is 1. The van der Waals surface area contributed by atoms with Crippen LogP contribution in [0.3, 0.4) is 0 Å². The number of ether oxygens (including phenoxy) is 3. The predicted octanol–water partition coefficient (Wildman–Crippen LogP) is 7.36. The smallest absolute Gasteiger partial charge is 0.337 e. The van der Waals surface area contributed by atoms with Crippen LogP contribution in [0.15, 0.2) is 49.6 Å². The van der Waals surface area contributed by atoms with E-state index in [1.807, 2.05) is 44.4 Å². The van der Waals surface area contributed by atoms with E-state index in [9.17, 15) is 9.90 Å². The summed E-state index contributed by atoms with van der Waals surface area (Å²) in [6.45, 7) is 24.7. The zero-order valence-corrected chi connectivity index (χ0v) is 30.5. The van der Waals surface area contributed by atoms with Gasteiger partial charge >= 0.3 is 5.97 Å². The Morgan fingerprint density at radius 3 is 2.47 bits per heavy atom. The van der Waals surface area contributed by atoms with E-state index in [1.54, 1.807) is 6.08 Å². The van der Waals surface area contributed by atoms with E-state index in [0.29, 0.717) is 49.2 Å². The highest BCUT2D eigenvalue weighted by Crippen LogP contribution is 2.38. The first-order valence-corrected chi connectivity index (χ1v) is 17.6. The van der Waals surface area contributed by atoms with Gasteiger partial charge in [0.1, 0.15) is 11.6 Å². The van der Waals surface area contributed by atoms with Gasteiger partial charge in [0.2, 0.25) is 0 Å². The molecule has 0 radical (unpaired) electrons. The SMILES string of the molecule is C=CCOC1(C)CCN(c2c(C(OC(C)(C)C)C(=O)O)c(C)nc3cc(CN(Cc4ccc(C)cc4O[C@@H](C)CC=C)C4CC4)nn23)CC1. The van der Waals surface area contributed by atoms with Crippen molar-refractivity contribution in [2.75, 3.05) is 24.6 Å². The van der Waals surface area contributed by atoms with Crippen LogP contribution >= 0.6 is 0 Å². The number of benzene rings is 1. The Morgan fingerprint density at radius 2 is 1.86 bits per heavy atom. The largest absolute Gasteiger partial charge is 0.490 e. The molecule has 2 aliphatic rings. The fourth-order valence-electron chi connectivity index (χ4n) is 6.62. The van der Waals surface area contributed by atoms with Crippen LogP contribution in [0, 0.1) is 13.8 Å². The zero-order valence-electron chi connectivity index (χ0n) is 30.5. The van der Waals surface area contributed by atoms with Crippen molar-refractivity contribution >= 4 is 17.4 Å². The Labute approximate surface area is 291 Å². The number of carboxylic acid groups (broad SMARTS) is 1. The number of anilines is 1. The number of aromatic nitrogens is 3. The maximum absolute atomic E-state index is 12.8. The fourth-order valence-corrected chi connectivity index (χ4v) is 6.62. The number of aryl methyl sites for hydroxylation is 2. The highest BCUT2D eigenvalue weighted by Gasteiger charge is 2.38. The number of rotatable bonds is 16. The summed E-state index contributed by atoms with van der Waals surface area (Å²) in [7, 11) is 0. The summed E-state index contributed by atoms with van der Waals surface area (Å²) in [5, 5.41) is 15.6. The molecule has 3 aromatic rings. The second-order valence-electron chi connectivity index (χ2n) is 15.0. The Hall–Kier alpha value is -3.73. The second kappa shape index (κ2) is 15.0. The van der Waals surface area contributed by atoms with Gasteiger partial charge in [0, 0.05) is 56.0 Å². The van der Waals surface area contributed by atoms with Gasteiger partial charge in [-0.05, 0) is 85.8 Å². The maximum Gasteiger partial charge on any atom is 0.337 e. The van der Waals surface area contributed by atoms with Crippen molar-refractivity contribution in [1.82, 2.24) is 19.5 Å². The van der Waals surface area contributed by atoms with Gasteiger partial charge in [-0.3, -0.25) is 4.90 Å². The van der Waals surface area contributed by atoms with E-state index in [2.05, 4.69) is 61.9 Å². The fraction of sp³-hybridized carbons (Fsp3) is 0.564. The molecular weight excluding hydrogens is 618 g/mol. The van der Waals surface area contributed by atoms with Crippen molar-refractivity contribution < 1.29 is 24.1 Å². The number of fused-ring (bicyclic) bond motifs is 1. The third-order valence-corrected chi connectivity index (χ3v) is 9.33. The van der Waals surface area contributed by atoms with Crippen LogP contribution in [0.1, 0.15) is 101 Å². The molecule has 1 unspecified atom stereocenters. The number of carboxylic acids is 1. The lowest BCUT2D eigenvalue weighted by Crippen LogP contribution is -2.45. The number of hydrogen-bond acceptors (Lipinski definition) is 8. The second-order valence-corrected chi connectivity index (χ2v) is 15.0. The van der Waals surface area contributed by atoms with Crippen LogP contribution in [0.25, 0.3) is 5.65 Å². The van der Waals surface area contributed by atoms with Crippen LogP contribution in [0.2, 0.25) is 0 Å². The Morgan fingerprint density at radius 1 is 1.14 bits per heavy atom. The lowest BCUT2D eigenvalue weighted by Gasteiger charge is -2.41. The summed E-state index contributed by atoms with van der Waals surface area (Å²) < 4.78 is 20.6. The summed E-state index contributed by atoms with van der Waals surface area (Å²) in [5.74, 6) is 0.578. The third kappa shape index (κ3) is 9.09. The van der Waals surface area contributed by atoms with Crippen molar-refractivity contribution in [3.8, 4) is 5.75 Å². The van der Waals surface area contributed by atoms with Gasteiger partial charge in [0.25, 0.3) is 0 Å². The van der Waals surface area contributed by atoms with Gasteiger partial charge in [-0.1, -0.05) is 24.3 Å². The molecule has 2 fully saturated rings. The molecule has 0 spiro atoms. The average Bonchev–Trinajstić information content (AvgIpc) is 3.80. The first-order valence-electron chi connectivity index (χ1n) is 17.6. The minimum atomic E-state index is -1.21. The standard InChI is InChI=1S/C39H55N5O5/c1-10-12-27(4)48-32-22-26(3)13-14-29(32)24-43(31-15-16-31)25-30-23-33-40-28(5)34(35(37(45)46)49-38(6,7)8)36(44(33)41-30)42-19-17-39(9,18-20-42)47-21-11-2/h10-11,13-14,22-23,27,31,35H,1-2,12,15-21,24-25H2,3-9H3,(H,45,46)/t27-,35?/m0/s1. The normalized spacial score (nSPS) is 17.7. The quantitative estimate of drug-likeness (QED) is 0.156. The molecule has 1 saturated carbocycles. The van der Waals surface area contributed by atoms with E-state index in [-0.39, 0.29) is 11.7 Å². The summed E-state index contributed by atoms with van der Waals surface area (Å²) in [5.41, 5.74) is 4.05. The summed E-state index contributed by atoms with van der Waals surface area (Å²) >= 11 is 0. The van der Waals surface area contributed by atoms with Crippen molar-refractivity contribution in [2.45, 2.75) is 123 Å². The number of aliphatic carboxylic acids is 1. The molecule has 2 aromatic heterocycles. The molecular formula is C39H55N5O5. The highest BCUT2D eigenvalue weighted by molar-refractivity contribution is 5.78. The van der Waals surface area contributed by atoms with E-state index in [4.69, 9.17) is 24.3 Å². The first-order chi connectivity index (χ1) is 23.2. The number of hydrogen-bond donors (Lipinski definition) is 1. The lowest BCUT2D eigenvalue weighted by molar-refractivity contribution is -0.160. The monoisotopic (exact) mass is 673 g/mol. The number of nitrogens with zero attached hydrogens (tertiary/aromatic N) is 5. The van der Waals surface area contributed by atoms with Gasteiger partial charge < -0.3 is 24.2 Å². The van der Waals surface area contributed by atoms with Crippen LogP contribution in [-0.2, 0) is 27.4 Å². The zero-order chi connectivity index (χ0) is 35.5. The minimum absolute atomic E-state index is 0.0332. The molecule has 266 valence electrons. The van der Waals surface area contributed by atoms with Gasteiger partial charge in [-0.2, -0.15) is 9.61 Å². The van der Waals surface area contributed by atoms with Gasteiger partial charge in [-0.15, -0.1) is 13.2 Å². The Balaban J connectivity index is 1.52. The molecule has 5 rings (SSSR count). The minimum Gasteiger partial charge on any atom is -0.490 e. The van der Waals surface area contributed by atoms with Gasteiger partial charge in [0.15, 0.2) is 11.8 Å². The lowest BCUT2D eigenvalue weighted by atomic mass is 9.92. The van der Waals surface area contributed by atoms with Crippen molar-refractivity contribution in [1.29, 1.82) is 0 Å². The number of carbonyl (C=O) groups is 1. The van der Waals surface area contributed by atoms with E-state index >= 15 is 0 Å². The van der Waals surface area contributed by atoms with E-state index in [0.717, 1.165) is 67.0 Å². The Bertz CT molecular complexity index is 1650. The summed E-state index contributed by atoms with van der Waals surface area (Å²) in [6, 6.07) is 8.93. The topological polar surface area (TPSA) is 102 Å². The van der Waals surface area contributed by atoms with Crippen LogP contribution in [-0.4, -0.2) is 73.6 Å². The highest BCUT2D eigenvalue weighted by atomic mass is 16.5. The molecule has 0 amide bonds. The summed E-state index contributed by atoms with van der Waals surface area (Å²) in [6.07, 6.45) is 7.09.